The Morgan fingerprint density at radius 2 is 2.04 bits per heavy atom. The van der Waals surface area contributed by atoms with Crippen LogP contribution in [0.1, 0.15) is 22.8 Å². The van der Waals surface area contributed by atoms with Gasteiger partial charge in [0, 0.05) is 18.2 Å². The molecule has 0 fully saturated rings. The third-order valence-electron chi connectivity index (χ3n) is 3.63. The Morgan fingerprint density at radius 3 is 2.64 bits per heavy atom. The first-order valence-corrected chi connectivity index (χ1v) is 9.08. The second kappa shape index (κ2) is 8.37. The lowest BCUT2D eigenvalue weighted by Gasteiger charge is -2.05. The molecule has 0 aliphatic heterocycles. The Morgan fingerprint density at radius 1 is 1.29 bits per heavy atom. The van der Waals surface area contributed by atoms with E-state index in [1.165, 1.54) is 13.2 Å². The van der Waals surface area contributed by atoms with Crippen molar-refractivity contribution in [2.24, 2.45) is 0 Å². The zero-order valence-electron chi connectivity index (χ0n) is 14.7. The number of hydrogen-bond donors (Lipinski definition) is 2. The highest BCUT2D eigenvalue weighted by Crippen LogP contribution is 2.23. The van der Waals surface area contributed by atoms with E-state index in [1.54, 1.807) is 36.4 Å². The van der Waals surface area contributed by atoms with Gasteiger partial charge in [0.05, 0.1) is 12.0 Å². The van der Waals surface area contributed by atoms with Crippen molar-refractivity contribution in [1.82, 2.24) is 9.97 Å². The van der Waals surface area contributed by atoms with Crippen molar-refractivity contribution in [3.63, 3.8) is 0 Å². The molecule has 2 aromatic heterocycles. The molecule has 8 nitrogen and oxygen atoms in total. The molecule has 3 aromatic rings. The molecule has 0 unspecified atom stereocenters. The van der Waals surface area contributed by atoms with Crippen molar-refractivity contribution >= 4 is 29.1 Å². The third kappa shape index (κ3) is 4.36. The minimum Gasteiger partial charge on any atom is -0.463 e. The number of furan rings is 1. The van der Waals surface area contributed by atoms with E-state index in [9.17, 15) is 19.6 Å². The maximum Gasteiger partial charge on any atom is 0.270 e. The number of amides is 1. The fraction of sp³-hybridized carbons (Fsp3) is 0.105. The Bertz CT molecular complexity index is 1110. The van der Waals surface area contributed by atoms with Gasteiger partial charge in [-0.3, -0.25) is 14.4 Å². The molecule has 3 rings (SSSR count). The smallest absolute Gasteiger partial charge is 0.270 e. The summed E-state index contributed by atoms with van der Waals surface area (Å²) < 4.78 is 5.23. The average molecular weight is 394 g/mol. The van der Waals surface area contributed by atoms with Gasteiger partial charge >= 0.3 is 0 Å². The van der Waals surface area contributed by atoms with Crippen LogP contribution in [0.5, 0.6) is 0 Å². The molecule has 1 aromatic carbocycles. The van der Waals surface area contributed by atoms with Gasteiger partial charge in [0.2, 0.25) is 5.91 Å². The van der Waals surface area contributed by atoms with Crippen LogP contribution in [-0.2, 0) is 4.79 Å². The molecule has 0 aliphatic rings. The number of Topliss-reactive ketones (excluding diaryl/α,β-unsaturated/α-hetero) is 1. The van der Waals surface area contributed by atoms with Gasteiger partial charge in [-0.05, 0) is 36.4 Å². The number of H-pyrrole nitrogens is 1. The number of ketones is 1. The molecule has 0 saturated carbocycles. The Labute approximate surface area is 163 Å². The number of carbonyl (C=O) groups is 2. The zero-order chi connectivity index (χ0) is 20.1. The summed E-state index contributed by atoms with van der Waals surface area (Å²) in [6.07, 6.45) is 1.42. The minimum absolute atomic E-state index is 0.0336. The summed E-state index contributed by atoms with van der Waals surface area (Å²) in [7, 11) is 0. The fourth-order valence-electron chi connectivity index (χ4n) is 2.38. The predicted octanol–water partition coefficient (Wildman–Crippen LogP) is 2.83. The summed E-state index contributed by atoms with van der Waals surface area (Å²) >= 11 is 1.05. The van der Waals surface area contributed by atoms with Gasteiger partial charge in [-0.15, -0.1) is 0 Å². The van der Waals surface area contributed by atoms with Crippen molar-refractivity contribution < 1.29 is 14.0 Å². The van der Waals surface area contributed by atoms with E-state index >= 15 is 0 Å². The highest BCUT2D eigenvalue weighted by molar-refractivity contribution is 7.99. The highest BCUT2D eigenvalue weighted by atomic mass is 32.2. The number of benzene rings is 1. The number of nitrogens with zero attached hydrogens (tertiary/aromatic N) is 2. The van der Waals surface area contributed by atoms with E-state index < -0.39 is 5.56 Å². The summed E-state index contributed by atoms with van der Waals surface area (Å²) in [6, 6.07) is 11.5. The van der Waals surface area contributed by atoms with Gasteiger partial charge in [-0.1, -0.05) is 11.8 Å². The fourth-order valence-corrected chi connectivity index (χ4v) is 3.13. The maximum atomic E-state index is 12.4. The van der Waals surface area contributed by atoms with Gasteiger partial charge < -0.3 is 14.7 Å². The van der Waals surface area contributed by atoms with Crippen LogP contribution >= 0.6 is 11.8 Å². The number of thioether (sulfide) groups is 1. The number of carbonyl (C=O) groups excluding carboxylic acids is 2. The van der Waals surface area contributed by atoms with Crippen LogP contribution in [0.3, 0.4) is 0 Å². The van der Waals surface area contributed by atoms with Crippen LogP contribution in [0.4, 0.5) is 5.69 Å². The molecule has 0 spiro atoms. The number of nitriles is 1. The largest absolute Gasteiger partial charge is 0.463 e. The van der Waals surface area contributed by atoms with Crippen molar-refractivity contribution in [3.05, 3.63) is 64.1 Å². The van der Waals surface area contributed by atoms with Crippen LogP contribution in [0.25, 0.3) is 11.5 Å². The maximum absolute atomic E-state index is 12.4. The first-order chi connectivity index (χ1) is 13.5. The number of aromatic amines is 1. The van der Waals surface area contributed by atoms with Gasteiger partial charge in [-0.2, -0.15) is 5.26 Å². The summed E-state index contributed by atoms with van der Waals surface area (Å²) in [6.45, 7) is 1.40. The van der Waals surface area contributed by atoms with Gasteiger partial charge in [0.25, 0.3) is 5.56 Å². The molecule has 0 bridgehead atoms. The molecule has 0 saturated heterocycles. The zero-order valence-corrected chi connectivity index (χ0v) is 15.5. The molecule has 140 valence electrons. The number of aromatic nitrogens is 2. The first-order valence-electron chi connectivity index (χ1n) is 8.10. The second-order valence-electron chi connectivity index (χ2n) is 5.65. The van der Waals surface area contributed by atoms with Crippen molar-refractivity contribution in [1.29, 1.82) is 5.26 Å². The van der Waals surface area contributed by atoms with Crippen molar-refractivity contribution in [2.45, 2.75) is 12.1 Å². The van der Waals surface area contributed by atoms with E-state index in [4.69, 9.17) is 4.42 Å². The van der Waals surface area contributed by atoms with E-state index in [0.717, 1.165) is 11.8 Å². The normalized spacial score (nSPS) is 10.3. The average Bonchev–Trinajstić information content (AvgIpc) is 3.20. The molecular weight excluding hydrogens is 380 g/mol. The molecule has 0 aliphatic carbocycles. The lowest BCUT2D eigenvalue weighted by molar-refractivity contribution is -0.114. The summed E-state index contributed by atoms with van der Waals surface area (Å²) in [4.78, 5) is 42.3. The van der Waals surface area contributed by atoms with E-state index in [1.807, 2.05) is 6.07 Å². The third-order valence-corrected chi connectivity index (χ3v) is 4.50. The molecule has 2 N–H and O–H groups in total. The van der Waals surface area contributed by atoms with Crippen molar-refractivity contribution in [2.75, 3.05) is 11.1 Å². The topological polar surface area (TPSA) is 129 Å². The Balaban J connectivity index is 1.76. The molecule has 0 radical (unpaired) electrons. The number of anilines is 1. The van der Waals surface area contributed by atoms with E-state index in [2.05, 4.69) is 15.3 Å². The predicted molar refractivity (Wildman–Crippen MR) is 103 cm³/mol. The lowest BCUT2D eigenvalue weighted by atomic mass is 10.1. The summed E-state index contributed by atoms with van der Waals surface area (Å²) in [5.41, 5.74) is 0.435. The number of nitrogens with one attached hydrogen (secondary N) is 2. The second-order valence-corrected chi connectivity index (χ2v) is 6.62. The van der Waals surface area contributed by atoms with E-state index in [-0.39, 0.29) is 33.9 Å². The van der Waals surface area contributed by atoms with Crippen LogP contribution < -0.4 is 10.9 Å². The standard InChI is InChI=1S/C19H14N4O4S/c1-11(24)21-13-6-4-12(5-7-13)15(25)10-28-19-22-17(16-3-2-8-27-16)14(9-20)18(26)23-19/h2-8H,10H2,1H3,(H,21,24)(H,22,23,26). The first kappa shape index (κ1) is 19.1. The Kier molecular flexibility index (Phi) is 5.72. The molecule has 2 heterocycles. The molecule has 28 heavy (non-hydrogen) atoms. The van der Waals surface area contributed by atoms with Gasteiger partial charge in [0.1, 0.15) is 17.3 Å². The van der Waals surface area contributed by atoms with Crippen LogP contribution in [-0.4, -0.2) is 27.4 Å². The quantitative estimate of drug-likeness (QED) is 0.374. The van der Waals surface area contributed by atoms with Crippen molar-refractivity contribution in [3.8, 4) is 17.5 Å². The molecular formula is C19H14N4O4S. The van der Waals surface area contributed by atoms with Gasteiger partial charge in [-0.25, -0.2) is 4.98 Å². The van der Waals surface area contributed by atoms with E-state index in [0.29, 0.717) is 17.0 Å². The highest BCUT2D eigenvalue weighted by Gasteiger charge is 2.16. The number of hydrogen-bond acceptors (Lipinski definition) is 7. The molecule has 0 atom stereocenters. The Hall–Kier alpha value is -3.64. The monoisotopic (exact) mass is 394 g/mol. The SMILES string of the molecule is CC(=O)Nc1ccc(C(=O)CSc2nc(-c3ccco3)c(C#N)c(=O)[nH]2)cc1. The molecule has 1 amide bonds. The van der Waals surface area contributed by atoms with Gasteiger partial charge in [0.15, 0.2) is 16.7 Å². The molecule has 9 heteroatoms. The van der Waals surface area contributed by atoms with Crippen LogP contribution in [0.15, 0.2) is 57.0 Å². The summed E-state index contributed by atoms with van der Waals surface area (Å²) in [5.74, 6) is -0.0421. The summed E-state index contributed by atoms with van der Waals surface area (Å²) in [5, 5.41) is 12.0. The number of rotatable bonds is 6. The lowest BCUT2D eigenvalue weighted by Crippen LogP contribution is -2.15. The minimum atomic E-state index is -0.599. The van der Waals surface area contributed by atoms with Crippen LogP contribution in [0.2, 0.25) is 0 Å². The van der Waals surface area contributed by atoms with Crippen LogP contribution in [0, 0.1) is 11.3 Å².